The molecular formula is C19H18ClNO2. The van der Waals surface area contributed by atoms with Gasteiger partial charge in [-0.15, -0.1) is 0 Å². The molecule has 0 atom stereocenters. The van der Waals surface area contributed by atoms with Gasteiger partial charge in [-0.05, 0) is 42.8 Å². The van der Waals surface area contributed by atoms with Crippen molar-refractivity contribution in [2.45, 2.75) is 19.9 Å². The number of nitrogens with zero attached hydrogens (tertiary/aromatic N) is 1. The molecule has 3 nitrogen and oxygen atoms in total. The van der Waals surface area contributed by atoms with Crippen LogP contribution in [0.2, 0.25) is 5.02 Å². The van der Waals surface area contributed by atoms with Crippen LogP contribution in [0, 0.1) is 0 Å². The average molecular weight is 328 g/mol. The average Bonchev–Trinajstić information content (AvgIpc) is 2.87. The quantitative estimate of drug-likeness (QED) is 0.667. The molecule has 0 saturated heterocycles. The third kappa shape index (κ3) is 3.74. The van der Waals surface area contributed by atoms with Crippen LogP contribution in [0.25, 0.3) is 10.9 Å². The van der Waals surface area contributed by atoms with Crippen LogP contribution >= 0.6 is 11.6 Å². The lowest BCUT2D eigenvalue weighted by Crippen LogP contribution is -2.07. The molecule has 1 aromatic heterocycles. The van der Waals surface area contributed by atoms with Gasteiger partial charge in [0.15, 0.2) is 0 Å². The minimum absolute atomic E-state index is 0.172. The molecule has 0 N–H and O–H groups in total. The van der Waals surface area contributed by atoms with Crippen LogP contribution in [-0.4, -0.2) is 17.0 Å². The number of benzene rings is 2. The van der Waals surface area contributed by atoms with E-state index in [1.54, 1.807) is 6.92 Å². The van der Waals surface area contributed by atoms with Gasteiger partial charge in [0, 0.05) is 28.5 Å². The van der Waals surface area contributed by atoms with Gasteiger partial charge in [0.05, 0.1) is 6.54 Å². The van der Waals surface area contributed by atoms with E-state index in [1.165, 1.54) is 0 Å². The number of carbonyl (C=O) groups excluding carboxylic acids is 1. The molecule has 0 amide bonds. The predicted octanol–water partition coefficient (Wildman–Crippen LogP) is 4.51. The van der Waals surface area contributed by atoms with Gasteiger partial charge >= 0.3 is 0 Å². The number of aromatic nitrogens is 1. The van der Waals surface area contributed by atoms with Gasteiger partial charge in [-0.1, -0.05) is 29.8 Å². The van der Waals surface area contributed by atoms with E-state index in [2.05, 4.69) is 22.9 Å². The molecule has 3 aromatic rings. The molecule has 0 spiro atoms. The molecule has 0 aliphatic rings. The molecule has 0 saturated carbocycles. The number of fused-ring (bicyclic) bond motifs is 1. The molecule has 0 fully saturated rings. The molecule has 0 aliphatic heterocycles. The first-order chi connectivity index (χ1) is 11.1. The van der Waals surface area contributed by atoms with Crippen LogP contribution in [0.1, 0.15) is 12.5 Å². The zero-order chi connectivity index (χ0) is 16.2. The van der Waals surface area contributed by atoms with Crippen molar-refractivity contribution < 1.29 is 9.53 Å². The van der Waals surface area contributed by atoms with E-state index >= 15 is 0 Å². The number of ether oxygens (including phenoxy) is 1. The molecule has 3 rings (SSSR count). The lowest BCUT2D eigenvalue weighted by molar-refractivity contribution is -0.116. The highest BCUT2D eigenvalue weighted by atomic mass is 35.5. The predicted molar refractivity (Wildman–Crippen MR) is 93.3 cm³/mol. The molecule has 1 heterocycles. The minimum Gasteiger partial charge on any atom is -0.492 e. The van der Waals surface area contributed by atoms with Crippen LogP contribution in [0.5, 0.6) is 5.75 Å². The molecule has 23 heavy (non-hydrogen) atoms. The fraction of sp³-hybridized carbons (Fsp3) is 0.211. The highest BCUT2D eigenvalue weighted by Gasteiger charge is 2.09. The van der Waals surface area contributed by atoms with E-state index in [-0.39, 0.29) is 5.78 Å². The standard InChI is InChI=1S/C19H18ClNO2/c1-14(22)12-15-13-21(19-5-3-2-4-18(15)19)10-11-23-17-8-6-16(20)7-9-17/h2-9,13H,10-12H2,1H3. The summed E-state index contributed by atoms with van der Waals surface area (Å²) in [6, 6.07) is 15.5. The fourth-order valence-corrected chi connectivity index (χ4v) is 2.84. The maximum Gasteiger partial charge on any atom is 0.134 e. The van der Waals surface area contributed by atoms with Crippen molar-refractivity contribution in [1.82, 2.24) is 4.57 Å². The van der Waals surface area contributed by atoms with E-state index < -0.39 is 0 Å². The van der Waals surface area contributed by atoms with Gasteiger partial charge in [-0.2, -0.15) is 0 Å². The molecule has 2 aromatic carbocycles. The number of halogens is 1. The van der Waals surface area contributed by atoms with Crippen LogP contribution < -0.4 is 4.74 Å². The maximum atomic E-state index is 11.4. The summed E-state index contributed by atoms with van der Waals surface area (Å²) in [5.74, 6) is 0.972. The Hall–Kier alpha value is -2.26. The Balaban J connectivity index is 1.74. The molecule has 0 bridgehead atoms. The second kappa shape index (κ2) is 6.88. The molecule has 0 radical (unpaired) electrons. The summed E-state index contributed by atoms with van der Waals surface area (Å²) in [5, 5.41) is 1.83. The van der Waals surface area contributed by atoms with Crippen molar-refractivity contribution in [2.75, 3.05) is 6.61 Å². The Morgan fingerprint density at radius 1 is 1.13 bits per heavy atom. The smallest absolute Gasteiger partial charge is 0.134 e. The van der Waals surface area contributed by atoms with E-state index in [0.29, 0.717) is 18.1 Å². The first-order valence-corrected chi connectivity index (χ1v) is 7.96. The van der Waals surface area contributed by atoms with Crippen molar-refractivity contribution in [3.05, 3.63) is 65.3 Å². The monoisotopic (exact) mass is 327 g/mol. The third-order valence-electron chi connectivity index (χ3n) is 3.73. The van der Waals surface area contributed by atoms with Gasteiger partial charge in [0.2, 0.25) is 0 Å². The SMILES string of the molecule is CC(=O)Cc1cn(CCOc2ccc(Cl)cc2)c2ccccc12. The van der Waals surface area contributed by atoms with Crippen LogP contribution in [0.15, 0.2) is 54.7 Å². The topological polar surface area (TPSA) is 31.2 Å². The van der Waals surface area contributed by atoms with Crippen molar-refractivity contribution in [1.29, 1.82) is 0 Å². The van der Waals surface area contributed by atoms with Gasteiger partial charge in [0.1, 0.15) is 18.1 Å². The lowest BCUT2D eigenvalue weighted by atomic mass is 10.1. The summed E-state index contributed by atoms with van der Waals surface area (Å²) in [6.45, 7) is 2.90. The Morgan fingerprint density at radius 3 is 2.61 bits per heavy atom. The van der Waals surface area contributed by atoms with Crippen molar-refractivity contribution in [2.24, 2.45) is 0 Å². The summed E-state index contributed by atoms with van der Waals surface area (Å²) in [6.07, 6.45) is 2.52. The lowest BCUT2D eigenvalue weighted by Gasteiger charge is -2.08. The van der Waals surface area contributed by atoms with E-state index in [1.807, 2.05) is 36.4 Å². The Morgan fingerprint density at radius 2 is 1.87 bits per heavy atom. The van der Waals surface area contributed by atoms with Gasteiger partial charge in [0.25, 0.3) is 0 Å². The van der Waals surface area contributed by atoms with Crippen LogP contribution in [0.4, 0.5) is 0 Å². The fourth-order valence-electron chi connectivity index (χ4n) is 2.71. The summed E-state index contributed by atoms with van der Waals surface area (Å²) < 4.78 is 7.90. The van der Waals surface area contributed by atoms with Crippen molar-refractivity contribution in [3.8, 4) is 5.75 Å². The number of ketones is 1. The summed E-state index contributed by atoms with van der Waals surface area (Å²) >= 11 is 5.86. The van der Waals surface area contributed by atoms with E-state index in [0.717, 1.165) is 28.8 Å². The largest absolute Gasteiger partial charge is 0.492 e. The number of para-hydroxylation sites is 1. The number of carbonyl (C=O) groups is 1. The maximum absolute atomic E-state index is 11.4. The molecule has 4 heteroatoms. The third-order valence-corrected chi connectivity index (χ3v) is 3.98. The molecule has 0 aliphatic carbocycles. The molecular weight excluding hydrogens is 310 g/mol. The highest BCUT2D eigenvalue weighted by molar-refractivity contribution is 6.30. The number of Topliss-reactive ketones (excluding diaryl/α,β-unsaturated/α-hetero) is 1. The second-order valence-electron chi connectivity index (χ2n) is 5.55. The summed E-state index contributed by atoms with van der Waals surface area (Å²) in [5.41, 5.74) is 2.20. The van der Waals surface area contributed by atoms with Crippen LogP contribution in [0.3, 0.4) is 0 Å². The summed E-state index contributed by atoms with van der Waals surface area (Å²) in [7, 11) is 0. The zero-order valence-electron chi connectivity index (χ0n) is 13.0. The number of rotatable bonds is 6. The van der Waals surface area contributed by atoms with Gasteiger partial charge < -0.3 is 9.30 Å². The number of hydrogen-bond donors (Lipinski definition) is 0. The molecule has 0 unspecified atom stereocenters. The normalized spacial score (nSPS) is 10.9. The second-order valence-corrected chi connectivity index (χ2v) is 5.98. The van der Waals surface area contributed by atoms with Gasteiger partial charge in [-0.25, -0.2) is 0 Å². The first-order valence-electron chi connectivity index (χ1n) is 7.58. The van der Waals surface area contributed by atoms with Crippen molar-refractivity contribution in [3.63, 3.8) is 0 Å². The van der Waals surface area contributed by atoms with E-state index in [9.17, 15) is 4.79 Å². The Kier molecular flexibility index (Phi) is 4.68. The first kappa shape index (κ1) is 15.6. The highest BCUT2D eigenvalue weighted by Crippen LogP contribution is 2.22. The Bertz CT molecular complexity index is 821. The zero-order valence-corrected chi connectivity index (χ0v) is 13.7. The van der Waals surface area contributed by atoms with Gasteiger partial charge in [-0.3, -0.25) is 4.79 Å². The number of hydrogen-bond acceptors (Lipinski definition) is 2. The Labute approximate surface area is 140 Å². The minimum atomic E-state index is 0.172. The summed E-state index contributed by atoms with van der Waals surface area (Å²) in [4.78, 5) is 11.4. The van der Waals surface area contributed by atoms with Crippen molar-refractivity contribution >= 4 is 28.3 Å². The van der Waals surface area contributed by atoms with Crippen LogP contribution in [-0.2, 0) is 17.8 Å². The molecule has 118 valence electrons. The van der Waals surface area contributed by atoms with E-state index in [4.69, 9.17) is 16.3 Å².